The minimum absolute atomic E-state index is 0.0475. The average Bonchev–Trinajstić information content (AvgIpc) is 3.53. The maximum Gasteiger partial charge on any atom is 0.0995 e. The van der Waals surface area contributed by atoms with Gasteiger partial charge >= 0.3 is 0 Å². The number of pyridine rings is 1. The Bertz CT molecular complexity index is 2540. The van der Waals surface area contributed by atoms with Crippen molar-refractivity contribution < 1.29 is 0 Å². The van der Waals surface area contributed by atoms with Crippen LogP contribution in [0.25, 0.3) is 67.0 Å². The van der Waals surface area contributed by atoms with Crippen molar-refractivity contribution in [3.05, 3.63) is 174 Å². The predicted octanol–water partition coefficient (Wildman–Crippen LogP) is 13.0. The van der Waals surface area contributed by atoms with E-state index in [0.717, 1.165) is 45.5 Å². The quantitative estimate of drug-likeness (QED) is 0.180. The van der Waals surface area contributed by atoms with E-state index in [2.05, 4.69) is 164 Å². The van der Waals surface area contributed by atoms with E-state index in [1.54, 1.807) is 0 Å². The molecule has 5 aliphatic rings. The molecule has 1 spiro atoms. The van der Waals surface area contributed by atoms with Crippen LogP contribution in [0.4, 0.5) is 0 Å². The van der Waals surface area contributed by atoms with Crippen molar-refractivity contribution in [2.75, 3.05) is 0 Å². The highest BCUT2D eigenvalue weighted by atomic mass is 14.7. The Balaban J connectivity index is 0.998. The number of nitrogens with zero attached hydrogens (tertiary/aromatic N) is 2. The second kappa shape index (κ2) is 12.3. The lowest BCUT2D eigenvalue weighted by atomic mass is 9.43. The van der Waals surface area contributed by atoms with Crippen molar-refractivity contribution in [1.82, 2.24) is 4.98 Å². The van der Waals surface area contributed by atoms with Gasteiger partial charge in [-0.25, -0.2) is 4.98 Å². The van der Waals surface area contributed by atoms with E-state index in [1.165, 1.54) is 82.2 Å². The van der Waals surface area contributed by atoms with Crippen LogP contribution in [0.15, 0.2) is 158 Å². The molecule has 1 heterocycles. The summed E-state index contributed by atoms with van der Waals surface area (Å²) in [6.45, 7) is 0. The van der Waals surface area contributed by atoms with E-state index in [4.69, 9.17) is 4.98 Å². The molecule has 7 aromatic rings. The minimum Gasteiger partial charge on any atom is -0.248 e. The largest absolute Gasteiger partial charge is 0.248 e. The third-order valence-electron chi connectivity index (χ3n) is 13.5. The molecule has 54 heavy (non-hydrogen) atoms. The molecule has 0 radical (unpaired) electrons. The summed E-state index contributed by atoms with van der Waals surface area (Å²) < 4.78 is 0. The Morgan fingerprint density at radius 2 is 0.944 bits per heavy atom. The molecule has 4 fully saturated rings. The number of rotatable bonds is 5. The molecule has 4 saturated carbocycles. The summed E-state index contributed by atoms with van der Waals surface area (Å²) in [5, 5.41) is 10.5. The van der Waals surface area contributed by atoms with Gasteiger partial charge in [-0.2, -0.15) is 5.26 Å². The molecule has 12 rings (SSSR count). The number of nitriles is 1. The highest BCUT2D eigenvalue weighted by molar-refractivity contribution is 5.87. The highest BCUT2D eigenvalue weighted by Crippen LogP contribution is 2.70. The second-order valence-electron chi connectivity index (χ2n) is 16.3. The predicted molar refractivity (Wildman–Crippen MR) is 219 cm³/mol. The van der Waals surface area contributed by atoms with Crippen molar-refractivity contribution in [3.63, 3.8) is 0 Å². The molecule has 0 amide bonds. The van der Waals surface area contributed by atoms with E-state index in [-0.39, 0.29) is 5.41 Å². The molecule has 0 atom stereocenters. The van der Waals surface area contributed by atoms with Gasteiger partial charge in [-0.3, -0.25) is 0 Å². The maximum atomic E-state index is 10.5. The normalized spacial score (nSPS) is 22.9. The first-order chi connectivity index (χ1) is 26.7. The standard InChI is InChI=1S/C52H40N2/c53-32-42-18-9-19-47-46-21-20-41(29-48(46)52(51(42)47)44-23-33-22-34(25-44)26-45(52)24-33)39-16-7-14-37(27-39)38-15-8-17-40(28-38)43-30-49(35-10-3-1-4-11-35)54-50(31-43)36-12-5-2-6-13-36/h1-21,27-31,33-34,44-45H,22-26H2. The summed E-state index contributed by atoms with van der Waals surface area (Å²) in [6.07, 6.45) is 6.63. The van der Waals surface area contributed by atoms with E-state index < -0.39 is 0 Å². The molecule has 2 nitrogen and oxygen atoms in total. The fraction of sp³-hybridized carbons (Fsp3) is 0.192. The molecular formula is C52H40N2. The summed E-state index contributed by atoms with van der Waals surface area (Å²) in [4.78, 5) is 5.11. The molecule has 0 aliphatic heterocycles. The van der Waals surface area contributed by atoms with Crippen LogP contribution in [-0.4, -0.2) is 4.98 Å². The third-order valence-corrected chi connectivity index (χ3v) is 13.5. The van der Waals surface area contributed by atoms with Gasteiger partial charge in [-0.15, -0.1) is 0 Å². The van der Waals surface area contributed by atoms with Crippen molar-refractivity contribution in [2.24, 2.45) is 23.7 Å². The van der Waals surface area contributed by atoms with Crippen LogP contribution >= 0.6 is 0 Å². The van der Waals surface area contributed by atoms with Gasteiger partial charge in [-0.05, 0) is 148 Å². The summed E-state index contributed by atoms with van der Waals surface area (Å²) in [5.74, 6) is 2.95. The van der Waals surface area contributed by atoms with Crippen LogP contribution < -0.4 is 0 Å². The summed E-state index contributed by atoms with van der Waals surface area (Å²) >= 11 is 0. The summed E-state index contributed by atoms with van der Waals surface area (Å²) in [7, 11) is 0. The van der Waals surface area contributed by atoms with Gasteiger partial charge in [0, 0.05) is 16.5 Å². The summed E-state index contributed by atoms with van der Waals surface area (Å²) in [6, 6.07) is 59.7. The Labute approximate surface area is 317 Å². The molecule has 6 aromatic carbocycles. The Kier molecular flexibility index (Phi) is 7.15. The van der Waals surface area contributed by atoms with Gasteiger partial charge in [0.25, 0.3) is 0 Å². The molecule has 0 saturated heterocycles. The topological polar surface area (TPSA) is 36.7 Å². The zero-order valence-corrected chi connectivity index (χ0v) is 30.3. The van der Waals surface area contributed by atoms with Gasteiger partial charge in [0.15, 0.2) is 0 Å². The lowest BCUT2D eigenvalue weighted by Gasteiger charge is -2.61. The monoisotopic (exact) mass is 692 g/mol. The Hall–Kier alpha value is -6.04. The Morgan fingerprint density at radius 1 is 0.444 bits per heavy atom. The molecule has 4 bridgehead atoms. The minimum atomic E-state index is -0.0475. The van der Waals surface area contributed by atoms with E-state index in [9.17, 15) is 5.26 Å². The van der Waals surface area contributed by atoms with E-state index in [1.807, 2.05) is 0 Å². The van der Waals surface area contributed by atoms with Crippen molar-refractivity contribution in [3.8, 4) is 73.1 Å². The van der Waals surface area contributed by atoms with Crippen molar-refractivity contribution >= 4 is 0 Å². The zero-order chi connectivity index (χ0) is 35.8. The van der Waals surface area contributed by atoms with Gasteiger partial charge in [0.05, 0.1) is 23.0 Å². The third kappa shape index (κ3) is 4.81. The lowest BCUT2D eigenvalue weighted by Crippen LogP contribution is -2.55. The van der Waals surface area contributed by atoms with Gasteiger partial charge in [0.1, 0.15) is 0 Å². The number of benzene rings is 6. The molecule has 5 aliphatic carbocycles. The number of aromatic nitrogens is 1. The molecule has 1 aromatic heterocycles. The van der Waals surface area contributed by atoms with Crippen LogP contribution in [0.2, 0.25) is 0 Å². The molecular weight excluding hydrogens is 653 g/mol. The second-order valence-corrected chi connectivity index (χ2v) is 16.3. The zero-order valence-electron chi connectivity index (χ0n) is 30.3. The first-order valence-electron chi connectivity index (χ1n) is 19.7. The lowest BCUT2D eigenvalue weighted by molar-refractivity contribution is -0.0400. The van der Waals surface area contributed by atoms with Gasteiger partial charge < -0.3 is 0 Å². The van der Waals surface area contributed by atoms with Crippen molar-refractivity contribution in [2.45, 2.75) is 37.5 Å². The average molecular weight is 693 g/mol. The van der Waals surface area contributed by atoms with Gasteiger partial charge in [-0.1, -0.05) is 121 Å². The first kappa shape index (κ1) is 31.5. The van der Waals surface area contributed by atoms with Crippen LogP contribution in [0.1, 0.15) is 48.8 Å². The van der Waals surface area contributed by atoms with Crippen molar-refractivity contribution in [1.29, 1.82) is 5.26 Å². The SMILES string of the molecule is N#Cc1cccc2c1C1(c3cc(-c4cccc(-c5cccc(-c6cc(-c7ccccc7)nc(-c7ccccc7)c6)c5)c4)ccc3-2)C2CC3CC(C2)CC1C3. The van der Waals surface area contributed by atoms with E-state index in [0.29, 0.717) is 11.8 Å². The molecule has 2 heteroatoms. The van der Waals surface area contributed by atoms with Gasteiger partial charge in [0.2, 0.25) is 0 Å². The molecule has 258 valence electrons. The van der Waals surface area contributed by atoms with E-state index >= 15 is 0 Å². The van der Waals surface area contributed by atoms with Crippen LogP contribution in [0, 0.1) is 35.0 Å². The number of hydrogen-bond acceptors (Lipinski definition) is 2. The van der Waals surface area contributed by atoms with Crippen LogP contribution in [0.3, 0.4) is 0 Å². The Morgan fingerprint density at radius 3 is 1.50 bits per heavy atom. The van der Waals surface area contributed by atoms with Crippen LogP contribution in [0.5, 0.6) is 0 Å². The fourth-order valence-electron chi connectivity index (χ4n) is 11.5. The highest BCUT2D eigenvalue weighted by Gasteiger charge is 2.62. The molecule has 0 N–H and O–H groups in total. The maximum absolute atomic E-state index is 10.5. The van der Waals surface area contributed by atoms with Crippen LogP contribution in [-0.2, 0) is 5.41 Å². The fourth-order valence-corrected chi connectivity index (χ4v) is 11.5. The first-order valence-corrected chi connectivity index (χ1v) is 19.7. The number of fused-ring (bicyclic) bond motifs is 3. The molecule has 0 unspecified atom stereocenters. The summed E-state index contributed by atoms with van der Waals surface area (Å²) in [5.41, 5.74) is 17.7. The number of hydrogen-bond donors (Lipinski definition) is 0. The smallest absolute Gasteiger partial charge is 0.0995 e.